The van der Waals surface area contributed by atoms with Crippen molar-refractivity contribution >= 4 is 12.0 Å². The van der Waals surface area contributed by atoms with Gasteiger partial charge in [-0.15, -0.1) is 0 Å². The summed E-state index contributed by atoms with van der Waals surface area (Å²) in [5, 5.41) is 0. The molecule has 0 saturated carbocycles. The number of nitrogens with zero attached hydrogens (tertiary/aromatic N) is 1. The number of rotatable bonds is 1. The lowest BCUT2D eigenvalue weighted by atomic mass is 9.98. The molecular formula is C10H15NO. The van der Waals surface area contributed by atoms with E-state index in [1.54, 1.807) is 6.92 Å². The number of carbonyl (C=O) groups is 1. The summed E-state index contributed by atoms with van der Waals surface area (Å²) in [7, 11) is 0. The standard InChI is InChI=1S/C10H15NO/c1-7-4-8(2)6-11-10(5-7)9(3)12/h5-8H,4H2,1-3H3. The summed E-state index contributed by atoms with van der Waals surface area (Å²) in [6, 6.07) is 0. The summed E-state index contributed by atoms with van der Waals surface area (Å²) in [5.74, 6) is 1.00. The van der Waals surface area contributed by atoms with Crippen LogP contribution in [0.2, 0.25) is 0 Å². The van der Waals surface area contributed by atoms with Gasteiger partial charge in [-0.05, 0) is 18.3 Å². The van der Waals surface area contributed by atoms with Crippen LogP contribution in [0.15, 0.2) is 16.8 Å². The first-order chi connectivity index (χ1) is 5.59. The number of ketones is 1. The summed E-state index contributed by atoms with van der Waals surface area (Å²) < 4.78 is 0. The van der Waals surface area contributed by atoms with Crippen LogP contribution in [-0.2, 0) is 4.79 Å². The van der Waals surface area contributed by atoms with Crippen molar-refractivity contribution in [2.75, 3.05) is 0 Å². The Morgan fingerprint density at radius 2 is 2.17 bits per heavy atom. The third-order valence-electron chi connectivity index (χ3n) is 2.01. The molecule has 0 spiro atoms. The van der Waals surface area contributed by atoms with Gasteiger partial charge in [0.2, 0.25) is 0 Å². The zero-order chi connectivity index (χ0) is 9.14. The van der Waals surface area contributed by atoms with E-state index in [2.05, 4.69) is 18.8 Å². The lowest BCUT2D eigenvalue weighted by Crippen LogP contribution is -1.99. The first-order valence-electron chi connectivity index (χ1n) is 4.36. The second-order valence-corrected chi connectivity index (χ2v) is 3.58. The smallest absolute Gasteiger partial charge is 0.177 e. The van der Waals surface area contributed by atoms with Crippen molar-refractivity contribution in [2.24, 2.45) is 16.8 Å². The molecule has 12 heavy (non-hydrogen) atoms. The molecule has 1 rings (SSSR count). The van der Waals surface area contributed by atoms with Crippen LogP contribution in [0.5, 0.6) is 0 Å². The third-order valence-corrected chi connectivity index (χ3v) is 2.01. The molecule has 0 aliphatic carbocycles. The monoisotopic (exact) mass is 165 g/mol. The van der Waals surface area contributed by atoms with Gasteiger partial charge in [-0.25, -0.2) is 0 Å². The van der Waals surface area contributed by atoms with Gasteiger partial charge in [-0.3, -0.25) is 9.79 Å². The topological polar surface area (TPSA) is 29.4 Å². The number of carbonyl (C=O) groups excluding carboxylic acids is 1. The predicted molar refractivity (Wildman–Crippen MR) is 50.2 cm³/mol. The maximum absolute atomic E-state index is 11.0. The molecule has 66 valence electrons. The van der Waals surface area contributed by atoms with Crippen LogP contribution in [0.1, 0.15) is 27.2 Å². The van der Waals surface area contributed by atoms with Gasteiger partial charge in [0.15, 0.2) is 5.78 Å². The summed E-state index contributed by atoms with van der Waals surface area (Å²) >= 11 is 0. The minimum absolute atomic E-state index is 0.0622. The summed E-state index contributed by atoms with van der Waals surface area (Å²) in [6.07, 6.45) is 4.92. The fourth-order valence-electron chi connectivity index (χ4n) is 1.44. The van der Waals surface area contributed by atoms with Gasteiger partial charge in [0, 0.05) is 13.1 Å². The molecule has 0 N–H and O–H groups in total. The van der Waals surface area contributed by atoms with Gasteiger partial charge in [0.25, 0.3) is 0 Å². The van der Waals surface area contributed by atoms with Crippen LogP contribution in [0.3, 0.4) is 0 Å². The van der Waals surface area contributed by atoms with E-state index >= 15 is 0 Å². The largest absolute Gasteiger partial charge is 0.293 e. The van der Waals surface area contributed by atoms with Crippen molar-refractivity contribution in [3.05, 3.63) is 11.8 Å². The molecule has 0 fully saturated rings. The van der Waals surface area contributed by atoms with Gasteiger partial charge in [0.05, 0.1) is 0 Å². The normalized spacial score (nSPS) is 29.4. The Bertz CT molecular complexity index is 240. The van der Waals surface area contributed by atoms with Crippen LogP contribution in [-0.4, -0.2) is 12.0 Å². The van der Waals surface area contributed by atoms with Gasteiger partial charge in [0.1, 0.15) is 5.70 Å². The van der Waals surface area contributed by atoms with Gasteiger partial charge in [-0.1, -0.05) is 19.9 Å². The lowest BCUT2D eigenvalue weighted by molar-refractivity contribution is -0.113. The highest BCUT2D eigenvalue weighted by atomic mass is 16.1. The van der Waals surface area contributed by atoms with Crippen molar-refractivity contribution < 1.29 is 4.79 Å². The fraction of sp³-hybridized carbons (Fsp3) is 0.600. The van der Waals surface area contributed by atoms with Crippen LogP contribution < -0.4 is 0 Å². The molecule has 1 heterocycles. The zero-order valence-electron chi connectivity index (χ0n) is 7.87. The maximum Gasteiger partial charge on any atom is 0.177 e. The molecule has 0 radical (unpaired) electrons. The Morgan fingerprint density at radius 3 is 2.75 bits per heavy atom. The van der Waals surface area contributed by atoms with E-state index in [0.717, 1.165) is 6.42 Å². The molecule has 2 unspecified atom stereocenters. The fourth-order valence-corrected chi connectivity index (χ4v) is 1.44. The second kappa shape index (κ2) is 3.65. The van der Waals surface area contributed by atoms with Crippen LogP contribution in [0.4, 0.5) is 0 Å². The second-order valence-electron chi connectivity index (χ2n) is 3.58. The molecule has 0 aromatic carbocycles. The van der Waals surface area contributed by atoms with Gasteiger partial charge < -0.3 is 0 Å². The van der Waals surface area contributed by atoms with Crippen molar-refractivity contribution in [1.82, 2.24) is 0 Å². The van der Waals surface area contributed by atoms with E-state index in [-0.39, 0.29) is 5.78 Å². The van der Waals surface area contributed by atoms with Crippen LogP contribution in [0, 0.1) is 11.8 Å². The lowest BCUT2D eigenvalue weighted by Gasteiger charge is -2.05. The van der Waals surface area contributed by atoms with E-state index in [9.17, 15) is 4.79 Å². The molecule has 0 aromatic heterocycles. The molecule has 2 heteroatoms. The van der Waals surface area contributed by atoms with E-state index in [4.69, 9.17) is 0 Å². The number of aliphatic imine (C=N–C) groups is 1. The van der Waals surface area contributed by atoms with Crippen molar-refractivity contribution in [3.8, 4) is 0 Å². The van der Waals surface area contributed by atoms with Gasteiger partial charge >= 0.3 is 0 Å². The Kier molecular flexibility index (Phi) is 2.79. The number of Topliss-reactive ketones (excluding diaryl/α,β-unsaturated/α-hetero) is 1. The van der Waals surface area contributed by atoms with E-state index < -0.39 is 0 Å². The van der Waals surface area contributed by atoms with E-state index in [1.165, 1.54) is 0 Å². The first kappa shape index (κ1) is 9.17. The molecule has 0 amide bonds. The highest BCUT2D eigenvalue weighted by molar-refractivity contribution is 5.94. The molecule has 1 aliphatic heterocycles. The predicted octanol–water partition coefficient (Wildman–Crippen LogP) is 2.21. The average Bonchev–Trinajstić information content (AvgIpc) is 2.11. The Labute approximate surface area is 73.4 Å². The molecule has 0 bridgehead atoms. The molecule has 2 atom stereocenters. The van der Waals surface area contributed by atoms with Crippen molar-refractivity contribution in [2.45, 2.75) is 27.2 Å². The molecule has 0 aromatic rings. The van der Waals surface area contributed by atoms with Crippen LogP contribution in [0.25, 0.3) is 0 Å². The molecule has 1 aliphatic rings. The minimum Gasteiger partial charge on any atom is -0.293 e. The summed E-state index contributed by atoms with van der Waals surface area (Å²) in [5.41, 5.74) is 0.617. The highest BCUT2D eigenvalue weighted by Gasteiger charge is 2.12. The molecule has 2 nitrogen and oxygen atoms in total. The Balaban J connectivity index is 2.84. The quantitative estimate of drug-likeness (QED) is 0.585. The highest BCUT2D eigenvalue weighted by Crippen LogP contribution is 2.18. The number of hydrogen-bond acceptors (Lipinski definition) is 2. The van der Waals surface area contributed by atoms with Crippen molar-refractivity contribution in [1.29, 1.82) is 0 Å². The van der Waals surface area contributed by atoms with Crippen LogP contribution >= 0.6 is 0 Å². The average molecular weight is 165 g/mol. The van der Waals surface area contributed by atoms with Crippen molar-refractivity contribution in [3.63, 3.8) is 0 Å². The number of allylic oxidation sites excluding steroid dienone is 2. The SMILES string of the molecule is CC(=O)C1=CC(C)CC(C)C=N1. The Hall–Kier alpha value is -0.920. The minimum atomic E-state index is 0.0622. The summed E-state index contributed by atoms with van der Waals surface area (Å²) in [4.78, 5) is 15.2. The zero-order valence-corrected chi connectivity index (χ0v) is 7.87. The van der Waals surface area contributed by atoms with E-state index in [1.807, 2.05) is 12.3 Å². The van der Waals surface area contributed by atoms with E-state index in [0.29, 0.717) is 17.5 Å². The maximum atomic E-state index is 11.0. The molecular weight excluding hydrogens is 150 g/mol. The third kappa shape index (κ3) is 2.29. The first-order valence-corrected chi connectivity index (χ1v) is 4.36. The summed E-state index contributed by atoms with van der Waals surface area (Å²) in [6.45, 7) is 5.80. The Morgan fingerprint density at radius 1 is 1.50 bits per heavy atom. The van der Waals surface area contributed by atoms with Gasteiger partial charge in [-0.2, -0.15) is 0 Å². The number of hydrogen-bond donors (Lipinski definition) is 0. The molecule has 0 saturated heterocycles.